The third-order valence-corrected chi connectivity index (χ3v) is 3.95. The van der Waals surface area contributed by atoms with E-state index in [-0.39, 0.29) is 22.2 Å². The van der Waals surface area contributed by atoms with Gasteiger partial charge in [-0.2, -0.15) is 0 Å². The molecule has 0 saturated heterocycles. The van der Waals surface area contributed by atoms with Crippen molar-refractivity contribution in [2.45, 2.75) is 118 Å². The molecule has 1 atom stereocenters. The van der Waals surface area contributed by atoms with Crippen LogP contribution in [0.2, 0.25) is 0 Å². The van der Waals surface area contributed by atoms with Crippen molar-refractivity contribution in [3.8, 4) is 0 Å². The van der Waals surface area contributed by atoms with Crippen molar-refractivity contribution in [3.63, 3.8) is 0 Å². The summed E-state index contributed by atoms with van der Waals surface area (Å²) in [4.78, 5) is 5.29. The first-order chi connectivity index (χ1) is 8.88. The van der Waals surface area contributed by atoms with Gasteiger partial charge < -0.3 is 0 Å². The van der Waals surface area contributed by atoms with E-state index in [0.717, 1.165) is 6.54 Å². The lowest BCUT2D eigenvalue weighted by atomic mass is 9.90. The standard InChI is InChI=1S/C19H42N2/c1-15(21(18(8,9)10)19(11,12)13)14-20(16(2,3)4)17(5,6)7/h15H,14H2,1-13H3. The predicted molar refractivity (Wildman–Crippen MR) is 97.0 cm³/mol. The Hall–Kier alpha value is -0.0800. The van der Waals surface area contributed by atoms with E-state index in [0.29, 0.717) is 6.04 Å². The van der Waals surface area contributed by atoms with E-state index < -0.39 is 0 Å². The predicted octanol–water partition coefficient (Wildman–Crippen LogP) is 5.17. The molecule has 0 N–H and O–H groups in total. The smallest absolute Gasteiger partial charge is 0.0205 e. The average molecular weight is 299 g/mol. The quantitative estimate of drug-likeness (QED) is 0.709. The van der Waals surface area contributed by atoms with E-state index in [1.54, 1.807) is 0 Å². The van der Waals surface area contributed by atoms with Crippen LogP contribution in [0.15, 0.2) is 0 Å². The van der Waals surface area contributed by atoms with Gasteiger partial charge in [0, 0.05) is 34.7 Å². The summed E-state index contributed by atoms with van der Waals surface area (Å²) in [6.45, 7) is 31.4. The summed E-state index contributed by atoms with van der Waals surface area (Å²) in [5, 5.41) is 0. The molecule has 0 amide bonds. The van der Waals surface area contributed by atoms with Crippen molar-refractivity contribution < 1.29 is 0 Å². The van der Waals surface area contributed by atoms with Gasteiger partial charge in [0.2, 0.25) is 0 Å². The lowest BCUT2D eigenvalue weighted by molar-refractivity contribution is -0.0452. The molecule has 0 aliphatic rings. The molecule has 2 nitrogen and oxygen atoms in total. The minimum atomic E-state index is 0.166. The van der Waals surface area contributed by atoms with Crippen LogP contribution in [0.4, 0.5) is 0 Å². The van der Waals surface area contributed by atoms with Gasteiger partial charge in [0.05, 0.1) is 0 Å². The molecular weight excluding hydrogens is 256 g/mol. The Morgan fingerprint density at radius 3 is 1.05 bits per heavy atom. The second kappa shape index (κ2) is 6.20. The van der Waals surface area contributed by atoms with E-state index in [9.17, 15) is 0 Å². The van der Waals surface area contributed by atoms with Crippen LogP contribution in [0.5, 0.6) is 0 Å². The van der Waals surface area contributed by atoms with E-state index in [4.69, 9.17) is 0 Å². The molecule has 0 spiro atoms. The molecule has 21 heavy (non-hydrogen) atoms. The van der Waals surface area contributed by atoms with Gasteiger partial charge in [-0.05, 0) is 90.0 Å². The SMILES string of the molecule is CC(CN(C(C)(C)C)C(C)(C)C)N(C(C)(C)C)C(C)(C)C. The van der Waals surface area contributed by atoms with Gasteiger partial charge in [-0.3, -0.25) is 9.80 Å². The minimum Gasteiger partial charge on any atom is -0.292 e. The van der Waals surface area contributed by atoms with Crippen LogP contribution < -0.4 is 0 Å². The summed E-state index contributed by atoms with van der Waals surface area (Å²) in [6.07, 6.45) is 0. The van der Waals surface area contributed by atoms with Crippen LogP contribution in [0.3, 0.4) is 0 Å². The van der Waals surface area contributed by atoms with Crippen molar-refractivity contribution >= 4 is 0 Å². The van der Waals surface area contributed by atoms with Crippen molar-refractivity contribution in [2.24, 2.45) is 0 Å². The summed E-state index contributed by atoms with van der Waals surface area (Å²) in [5.74, 6) is 0. The molecule has 0 heterocycles. The highest BCUT2D eigenvalue weighted by Gasteiger charge is 2.39. The monoisotopic (exact) mass is 298 g/mol. The van der Waals surface area contributed by atoms with Crippen molar-refractivity contribution in [3.05, 3.63) is 0 Å². The topological polar surface area (TPSA) is 6.48 Å². The Labute approximate surface area is 135 Å². The van der Waals surface area contributed by atoms with Crippen molar-refractivity contribution in [1.29, 1.82) is 0 Å². The Kier molecular flexibility index (Phi) is 6.17. The summed E-state index contributed by atoms with van der Waals surface area (Å²) in [5.41, 5.74) is 0.681. The second-order valence-electron chi connectivity index (χ2n) is 10.5. The maximum absolute atomic E-state index is 2.66. The van der Waals surface area contributed by atoms with E-state index >= 15 is 0 Å². The molecular formula is C19H42N2. The Morgan fingerprint density at radius 2 is 0.857 bits per heavy atom. The third kappa shape index (κ3) is 6.28. The van der Waals surface area contributed by atoms with Gasteiger partial charge >= 0.3 is 0 Å². The lowest BCUT2D eigenvalue weighted by Gasteiger charge is -2.53. The van der Waals surface area contributed by atoms with E-state index in [2.05, 4.69) is 99.8 Å². The Morgan fingerprint density at radius 1 is 0.571 bits per heavy atom. The van der Waals surface area contributed by atoms with E-state index in [1.807, 2.05) is 0 Å². The summed E-state index contributed by atoms with van der Waals surface area (Å²) in [7, 11) is 0. The first-order valence-corrected chi connectivity index (χ1v) is 8.45. The van der Waals surface area contributed by atoms with Gasteiger partial charge in [-0.1, -0.05) is 0 Å². The van der Waals surface area contributed by atoms with Gasteiger partial charge in [-0.25, -0.2) is 0 Å². The molecule has 128 valence electrons. The van der Waals surface area contributed by atoms with Gasteiger partial charge in [0.1, 0.15) is 0 Å². The molecule has 0 aliphatic carbocycles. The largest absolute Gasteiger partial charge is 0.292 e. The zero-order chi connectivity index (χ0) is 17.4. The lowest BCUT2D eigenvalue weighted by Crippen LogP contribution is -2.63. The molecule has 0 fully saturated rings. The van der Waals surface area contributed by atoms with Crippen LogP contribution >= 0.6 is 0 Å². The van der Waals surface area contributed by atoms with Crippen molar-refractivity contribution in [2.75, 3.05) is 6.54 Å². The maximum atomic E-state index is 2.66. The van der Waals surface area contributed by atoms with Crippen LogP contribution in [-0.4, -0.2) is 44.5 Å². The summed E-state index contributed by atoms with van der Waals surface area (Å²) < 4.78 is 0. The minimum absolute atomic E-state index is 0.166. The van der Waals surface area contributed by atoms with Crippen LogP contribution in [0.25, 0.3) is 0 Å². The molecule has 2 heteroatoms. The van der Waals surface area contributed by atoms with Crippen LogP contribution in [0, 0.1) is 0 Å². The molecule has 0 saturated carbocycles. The highest BCUT2D eigenvalue weighted by atomic mass is 15.3. The Balaban J connectivity index is 5.44. The first-order valence-electron chi connectivity index (χ1n) is 8.45. The molecule has 0 aromatic rings. The van der Waals surface area contributed by atoms with Gasteiger partial charge in [0.15, 0.2) is 0 Å². The molecule has 0 aliphatic heterocycles. The number of hydrogen-bond donors (Lipinski definition) is 0. The third-order valence-electron chi connectivity index (χ3n) is 3.95. The molecule has 0 bridgehead atoms. The maximum Gasteiger partial charge on any atom is 0.0205 e. The van der Waals surface area contributed by atoms with Crippen molar-refractivity contribution in [1.82, 2.24) is 9.80 Å². The second-order valence-corrected chi connectivity index (χ2v) is 10.5. The summed E-state index contributed by atoms with van der Waals surface area (Å²) >= 11 is 0. The van der Waals surface area contributed by atoms with Crippen LogP contribution in [0.1, 0.15) is 90.0 Å². The molecule has 0 radical (unpaired) electrons. The fourth-order valence-corrected chi connectivity index (χ4v) is 4.23. The molecule has 0 rings (SSSR count). The Bertz CT molecular complexity index is 289. The fourth-order valence-electron chi connectivity index (χ4n) is 4.23. The first kappa shape index (κ1) is 20.9. The van der Waals surface area contributed by atoms with E-state index in [1.165, 1.54) is 0 Å². The zero-order valence-corrected chi connectivity index (χ0v) is 17.2. The normalized spacial score (nSPS) is 16.7. The summed E-state index contributed by atoms with van der Waals surface area (Å²) in [6, 6.07) is 0.503. The zero-order valence-electron chi connectivity index (χ0n) is 17.2. The van der Waals surface area contributed by atoms with Crippen LogP contribution in [-0.2, 0) is 0 Å². The number of nitrogens with zero attached hydrogens (tertiary/aromatic N) is 2. The molecule has 0 aromatic heterocycles. The molecule has 1 unspecified atom stereocenters. The highest BCUT2D eigenvalue weighted by Crippen LogP contribution is 2.31. The van der Waals surface area contributed by atoms with Gasteiger partial charge in [0.25, 0.3) is 0 Å². The van der Waals surface area contributed by atoms with Gasteiger partial charge in [-0.15, -0.1) is 0 Å². The number of hydrogen-bond acceptors (Lipinski definition) is 2. The highest BCUT2D eigenvalue weighted by molar-refractivity contribution is 4.95. The molecule has 0 aromatic carbocycles. The fraction of sp³-hybridized carbons (Fsp3) is 1.00. The average Bonchev–Trinajstić information content (AvgIpc) is 2.04. The number of rotatable bonds is 3.